The van der Waals surface area contributed by atoms with E-state index >= 15 is 0 Å². The minimum Gasteiger partial charge on any atom is -0.377 e. The number of rotatable bonds is 31. The first kappa shape index (κ1) is 55.6. The first-order chi connectivity index (χ1) is 32.9. The second kappa shape index (κ2) is 26.8. The van der Waals surface area contributed by atoms with E-state index in [9.17, 15) is 33.7 Å². The fourth-order valence-electron chi connectivity index (χ4n) is 7.75. The fraction of sp³-hybridized carbons (Fsp3) is 0.423. The van der Waals surface area contributed by atoms with Crippen LogP contribution >= 0.6 is 0 Å². The molecule has 0 fully saturated rings. The van der Waals surface area contributed by atoms with Gasteiger partial charge in [0.05, 0.1) is 26.2 Å². The van der Waals surface area contributed by atoms with Crippen LogP contribution in [0, 0.1) is 33.6 Å². The van der Waals surface area contributed by atoms with Crippen molar-refractivity contribution in [2.45, 2.75) is 112 Å². The van der Waals surface area contributed by atoms with Gasteiger partial charge in [0, 0.05) is 45.9 Å². The van der Waals surface area contributed by atoms with Crippen molar-refractivity contribution in [2.24, 2.45) is 5.92 Å². The van der Waals surface area contributed by atoms with Crippen LogP contribution in [0.3, 0.4) is 0 Å². The molecule has 0 aliphatic heterocycles. The molecule has 5 rings (SSSR count). The lowest BCUT2D eigenvalue weighted by Crippen LogP contribution is -2.42. The Labute approximate surface area is 412 Å². The summed E-state index contributed by atoms with van der Waals surface area (Å²) >= 11 is 0. The third-order valence-electron chi connectivity index (χ3n) is 11.9. The summed E-state index contributed by atoms with van der Waals surface area (Å²) in [5, 5.41) is 0. The van der Waals surface area contributed by atoms with Gasteiger partial charge in [-0.05, 0) is 126 Å². The molecule has 0 aliphatic carbocycles. The number of ether oxygens (including phenoxy) is 1. The second-order valence-electron chi connectivity index (χ2n) is 17.8. The molecule has 0 heterocycles. The van der Waals surface area contributed by atoms with E-state index in [4.69, 9.17) is 4.74 Å². The van der Waals surface area contributed by atoms with Gasteiger partial charge in [-0.25, -0.2) is 43.1 Å². The zero-order chi connectivity index (χ0) is 49.9. The minimum atomic E-state index is -4.09. The Morgan fingerprint density at radius 1 is 0.435 bits per heavy atom. The Bertz CT molecular complexity index is 2610. The fourth-order valence-corrected chi connectivity index (χ4v) is 13.0. The summed E-state index contributed by atoms with van der Waals surface area (Å²) in [5.41, 5.74) is 4.75. The smallest absolute Gasteiger partial charge is 0.243 e. The van der Waals surface area contributed by atoms with Crippen molar-refractivity contribution in [2.75, 3.05) is 45.9 Å². The third kappa shape index (κ3) is 17.8. The summed E-state index contributed by atoms with van der Waals surface area (Å²) < 4.78 is 125. The number of hydrogen-bond acceptors (Lipinski definition) is 9. The standard InChI is InChI=1S/C52H70N4O9S4/c1-43-19-27-49(28-20-43)66(57,58)53-35-11-13-37-55(68(61,62)51-31-23-45(3)24-32-51)40-48(18-8-5-6-15-39-65-42-47-16-9-7-10-17-47)41-56(69(63,64)52-33-25-46(4)26-34-52)38-14-12-36-54-67(59,60)50-29-21-44(2)22-30-50/h7,9-10,16-17,19-34,48,53-54H,5-6,8,11-15,18,35-42H2,1-4H3. The highest BCUT2D eigenvalue weighted by Gasteiger charge is 2.32. The van der Waals surface area contributed by atoms with E-state index in [1.165, 1.54) is 8.61 Å². The first-order valence-corrected chi connectivity index (χ1v) is 29.6. The molecule has 0 aliphatic rings. The molecule has 0 atom stereocenters. The SMILES string of the molecule is Cc1ccc(S(=O)(=O)NCCCCN(CC(CCCCCCOCc2ccccc2)CN(CCCCNS(=O)(=O)c2ccc(C)cc2)S(=O)(=O)c2ccc(C)cc2)S(=O)(=O)c2ccc(C)cc2)cc1. The predicted molar refractivity (Wildman–Crippen MR) is 274 cm³/mol. The van der Waals surface area contributed by atoms with Crippen LogP contribution in [0.1, 0.15) is 85.6 Å². The third-order valence-corrected chi connectivity index (χ3v) is 18.6. The molecule has 5 aromatic rings. The zero-order valence-electron chi connectivity index (χ0n) is 40.4. The van der Waals surface area contributed by atoms with Gasteiger partial charge in [-0.2, -0.15) is 8.61 Å². The molecular formula is C52H70N4O9S4. The summed E-state index contributed by atoms with van der Waals surface area (Å²) in [4.78, 5) is 0.514. The van der Waals surface area contributed by atoms with Gasteiger partial charge in [-0.3, -0.25) is 0 Å². The predicted octanol–water partition coefficient (Wildman–Crippen LogP) is 8.90. The Morgan fingerprint density at radius 2 is 0.812 bits per heavy atom. The summed E-state index contributed by atoms with van der Waals surface area (Å²) in [7, 11) is -15.7. The Hall–Kier alpha value is -4.30. The van der Waals surface area contributed by atoms with Gasteiger partial charge in [-0.15, -0.1) is 0 Å². The number of benzene rings is 5. The molecule has 0 saturated carbocycles. The van der Waals surface area contributed by atoms with E-state index < -0.39 is 46.0 Å². The Balaban J connectivity index is 1.35. The van der Waals surface area contributed by atoms with Gasteiger partial charge in [-0.1, -0.05) is 120 Å². The Kier molecular flexibility index (Phi) is 21.6. The van der Waals surface area contributed by atoms with Crippen LogP contribution in [0.25, 0.3) is 0 Å². The highest BCUT2D eigenvalue weighted by molar-refractivity contribution is 7.90. The van der Waals surface area contributed by atoms with Crippen LogP contribution < -0.4 is 9.44 Å². The number of sulfonamides is 4. The minimum absolute atomic E-state index is 0.0156. The summed E-state index contributed by atoms with van der Waals surface area (Å²) in [6.07, 6.45) is 5.13. The molecule has 2 N–H and O–H groups in total. The topological polar surface area (TPSA) is 176 Å². The number of nitrogens with one attached hydrogen (secondary N) is 2. The van der Waals surface area contributed by atoms with Crippen LogP contribution in [0.4, 0.5) is 0 Å². The molecular weight excluding hydrogens is 953 g/mol. The molecule has 376 valence electrons. The summed E-state index contributed by atoms with van der Waals surface area (Å²) in [6, 6.07) is 36.3. The average molecular weight is 1020 g/mol. The zero-order valence-corrected chi connectivity index (χ0v) is 43.7. The molecule has 0 bridgehead atoms. The van der Waals surface area contributed by atoms with Gasteiger partial charge in [0.1, 0.15) is 0 Å². The van der Waals surface area contributed by atoms with Crippen LogP contribution in [-0.4, -0.2) is 88.2 Å². The first-order valence-electron chi connectivity index (χ1n) is 23.7. The largest absolute Gasteiger partial charge is 0.377 e. The highest BCUT2D eigenvalue weighted by Crippen LogP contribution is 2.26. The normalized spacial score (nSPS) is 12.6. The molecule has 0 aromatic heterocycles. The van der Waals surface area contributed by atoms with E-state index in [1.807, 2.05) is 58.0 Å². The number of nitrogens with zero attached hydrogens (tertiary/aromatic N) is 2. The molecule has 69 heavy (non-hydrogen) atoms. The molecule has 17 heteroatoms. The van der Waals surface area contributed by atoms with E-state index in [0.717, 1.165) is 47.1 Å². The molecule has 0 amide bonds. The quantitative estimate of drug-likeness (QED) is 0.0411. The maximum absolute atomic E-state index is 14.6. The lowest BCUT2D eigenvalue weighted by atomic mass is 10.00. The van der Waals surface area contributed by atoms with Crippen molar-refractivity contribution in [3.63, 3.8) is 0 Å². The van der Waals surface area contributed by atoms with Gasteiger partial charge < -0.3 is 4.74 Å². The van der Waals surface area contributed by atoms with Crippen molar-refractivity contribution in [1.29, 1.82) is 0 Å². The molecule has 0 radical (unpaired) electrons. The van der Waals surface area contributed by atoms with Crippen LogP contribution in [0.15, 0.2) is 147 Å². The monoisotopic (exact) mass is 1020 g/mol. The maximum atomic E-state index is 14.6. The number of aryl methyl sites for hydroxylation is 4. The highest BCUT2D eigenvalue weighted by atomic mass is 32.2. The second-order valence-corrected chi connectivity index (χ2v) is 25.2. The maximum Gasteiger partial charge on any atom is 0.243 e. The average Bonchev–Trinajstić information content (AvgIpc) is 3.32. The molecule has 0 saturated heterocycles. The van der Waals surface area contributed by atoms with E-state index in [0.29, 0.717) is 51.7 Å². The van der Waals surface area contributed by atoms with Gasteiger partial charge in [0.25, 0.3) is 0 Å². The molecule has 0 unspecified atom stereocenters. The van der Waals surface area contributed by atoms with Gasteiger partial charge >= 0.3 is 0 Å². The van der Waals surface area contributed by atoms with Crippen molar-refractivity contribution in [3.8, 4) is 0 Å². The van der Waals surface area contributed by atoms with E-state index in [-0.39, 0.29) is 58.9 Å². The van der Waals surface area contributed by atoms with Crippen molar-refractivity contribution >= 4 is 40.1 Å². The van der Waals surface area contributed by atoms with E-state index in [1.54, 1.807) is 97.1 Å². The molecule has 0 spiro atoms. The Morgan fingerprint density at radius 3 is 1.22 bits per heavy atom. The van der Waals surface area contributed by atoms with Crippen LogP contribution in [0.2, 0.25) is 0 Å². The van der Waals surface area contributed by atoms with Crippen molar-refractivity contribution in [1.82, 2.24) is 18.1 Å². The molecule has 13 nitrogen and oxygen atoms in total. The molecule has 5 aromatic carbocycles. The van der Waals surface area contributed by atoms with Gasteiger partial charge in [0.2, 0.25) is 40.1 Å². The summed E-state index contributed by atoms with van der Waals surface area (Å²) in [6.45, 7) is 8.98. The lowest BCUT2D eigenvalue weighted by molar-refractivity contribution is 0.116. The van der Waals surface area contributed by atoms with Crippen LogP contribution in [0.5, 0.6) is 0 Å². The van der Waals surface area contributed by atoms with Crippen molar-refractivity contribution < 1.29 is 38.4 Å². The van der Waals surface area contributed by atoms with Crippen molar-refractivity contribution in [3.05, 3.63) is 155 Å². The number of unbranched alkanes of at least 4 members (excludes halogenated alkanes) is 5. The lowest BCUT2D eigenvalue weighted by Gasteiger charge is -2.31. The number of hydrogen-bond donors (Lipinski definition) is 2. The van der Waals surface area contributed by atoms with Crippen LogP contribution in [-0.2, 0) is 51.4 Å². The van der Waals surface area contributed by atoms with E-state index in [2.05, 4.69) is 9.44 Å². The van der Waals surface area contributed by atoms with Gasteiger partial charge in [0.15, 0.2) is 0 Å². The summed E-state index contributed by atoms with van der Waals surface area (Å²) in [5.74, 6) is -0.445.